The van der Waals surface area contributed by atoms with E-state index in [9.17, 15) is 19.7 Å². The molecule has 0 saturated carbocycles. The summed E-state index contributed by atoms with van der Waals surface area (Å²) in [6.07, 6.45) is 2.43. The number of hydrogen-bond acceptors (Lipinski definition) is 6. The molecule has 1 amide bonds. The first-order valence-electron chi connectivity index (χ1n) is 5.81. The van der Waals surface area contributed by atoms with Gasteiger partial charge in [-0.25, -0.2) is 9.78 Å². The van der Waals surface area contributed by atoms with Gasteiger partial charge in [-0.05, 0) is 12.8 Å². The second-order valence-corrected chi connectivity index (χ2v) is 4.00. The number of amides is 1. The summed E-state index contributed by atoms with van der Waals surface area (Å²) in [7, 11) is 0. The highest BCUT2D eigenvalue weighted by Crippen LogP contribution is 2.22. The number of nitrogens with one attached hydrogen (secondary N) is 1. The monoisotopic (exact) mass is 282 g/mol. The molecule has 0 fully saturated rings. The van der Waals surface area contributed by atoms with Gasteiger partial charge in [-0.15, -0.1) is 0 Å². The second kappa shape index (κ2) is 7.02. The molecule has 1 heterocycles. The molecule has 0 aromatic carbocycles. The summed E-state index contributed by atoms with van der Waals surface area (Å²) in [4.78, 5) is 35.1. The van der Waals surface area contributed by atoms with Crippen molar-refractivity contribution in [2.75, 3.05) is 11.9 Å². The number of unbranched alkanes of at least 4 members (excludes halogenated alkanes) is 1. The number of rotatable bonds is 8. The SMILES string of the molecule is NC(=O)CCCCNc1ncc(C(=O)O)cc1[N+](=O)[O-]. The Morgan fingerprint density at radius 1 is 1.45 bits per heavy atom. The summed E-state index contributed by atoms with van der Waals surface area (Å²) in [5.41, 5.74) is 4.32. The number of pyridine rings is 1. The number of carboxylic acid groups (broad SMARTS) is 1. The molecule has 4 N–H and O–H groups in total. The van der Waals surface area contributed by atoms with Crippen LogP contribution in [-0.2, 0) is 4.79 Å². The highest BCUT2D eigenvalue weighted by atomic mass is 16.6. The summed E-state index contributed by atoms with van der Waals surface area (Å²) >= 11 is 0. The lowest BCUT2D eigenvalue weighted by Crippen LogP contribution is -2.12. The predicted octanol–water partition coefficient (Wildman–Crippen LogP) is 0.755. The third-order valence-corrected chi connectivity index (χ3v) is 2.45. The van der Waals surface area contributed by atoms with Gasteiger partial charge in [-0.1, -0.05) is 0 Å². The van der Waals surface area contributed by atoms with Crippen molar-refractivity contribution in [1.29, 1.82) is 0 Å². The molecule has 1 rings (SSSR count). The minimum Gasteiger partial charge on any atom is -0.478 e. The molecule has 20 heavy (non-hydrogen) atoms. The van der Waals surface area contributed by atoms with Gasteiger partial charge in [-0.3, -0.25) is 14.9 Å². The average molecular weight is 282 g/mol. The van der Waals surface area contributed by atoms with Crippen LogP contribution in [0.3, 0.4) is 0 Å². The molecule has 1 aromatic rings. The van der Waals surface area contributed by atoms with E-state index in [2.05, 4.69) is 10.3 Å². The van der Waals surface area contributed by atoms with Gasteiger partial charge in [0.2, 0.25) is 11.7 Å². The summed E-state index contributed by atoms with van der Waals surface area (Å²) in [6, 6.07) is 0.946. The Morgan fingerprint density at radius 2 is 2.15 bits per heavy atom. The van der Waals surface area contributed by atoms with Gasteiger partial charge in [0, 0.05) is 25.2 Å². The Labute approximate surface area is 114 Å². The fraction of sp³-hybridized carbons (Fsp3) is 0.364. The smallest absolute Gasteiger partial charge is 0.337 e. The van der Waals surface area contributed by atoms with Gasteiger partial charge in [0.05, 0.1) is 10.5 Å². The molecule has 0 spiro atoms. The van der Waals surface area contributed by atoms with Crippen molar-refractivity contribution in [2.24, 2.45) is 5.73 Å². The molecule has 0 aliphatic rings. The van der Waals surface area contributed by atoms with E-state index in [4.69, 9.17) is 10.8 Å². The summed E-state index contributed by atoms with van der Waals surface area (Å²) < 4.78 is 0. The Kier molecular flexibility index (Phi) is 5.39. The van der Waals surface area contributed by atoms with Crippen molar-refractivity contribution in [3.63, 3.8) is 0 Å². The fourth-order valence-corrected chi connectivity index (χ4v) is 1.48. The number of aromatic nitrogens is 1. The lowest BCUT2D eigenvalue weighted by molar-refractivity contribution is -0.384. The van der Waals surface area contributed by atoms with Gasteiger partial charge in [0.25, 0.3) is 0 Å². The van der Waals surface area contributed by atoms with Crippen LogP contribution < -0.4 is 11.1 Å². The van der Waals surface area contributed by atoms with E-state index in [-0.39, 0.29) is 17.8 Å². The van der Waals surface area contributed by atoms with Crippen LogP contribution in [0.15, 0.2) is 12.3 Å². The molecular weight excluding hydrogens is 268 g/mol. The van der Waals surface area contributed by atoms with E-state index in [1.807, 2.05) is 0 Å². The Balaban J connectivity index is 2.67. The molecular formula is C11H14N4O5. The number of primary amides is 1. The number of carbonyl (C=O) groups excluding carboxylic acids is 1. The van der Waals surface area contributed by atoms with Gasteiger partial charge in [0.1, 0.15) is 0 Å². The maximum absolute atomic E-state index is 10.8. The standard InChI is InChI=1S/C11H14N4O5/c12-9(16)3-1-2-4-13-10-8(15(19)20)5-7(6-14-10)11(17)18/h5-6H,1-4H2,(H2,12,16)(H,13,14)(H,17,18). The number of carbonyl (C=O) groups is 2. The zero-order chi connectivity index (χ0) is 15.1. The third-order valence-electron chi connectivity index (χ3n) is 2.45. The van der Waals surface area contributed by atoms with Crippen molar-refractivity contribution in [2.45, 2.75) is 19.3 Å². The molecule has 0 aliphatic carbocycles. The van der Waals surface area contributed by atoms with Crippen molar-refractivity contribution >= 4 is 23.4 Å². The molecule has 1 aromatic heterocycles. The zero-order valence-corrected chi connectivity index (χ0v) is 10.5. The topological polar surface area (TPSA) is 148 Å². The fourth-order valence-electron chi connectivity index (χ4n) is 1.48. The number of anilines is 1. The van der Waals surface area contributed by atoms with E-state index >= 15 is 0 Å². The number of carboxylic acids is 1. The van der Waals surface area contributed by atoms with Crippen molar-refractivity contribution < 1.29 is 19.6 Å². The third kappa shape index (κ3) is 4.52. The number of aromatic carboxylic acids is 1. The molecule has 108 valence electrons. The molecule has 9 heteroatoms. The summed E-state index contributed by atoms with van der Waals surface area (Å²) in [5.74, 6) is -1.69. The van der Waals surface area contributed by atoms with Crippen LogP contribution in [-0.4, -0.2) is 33.4 Å². The summed E-state index contributed by atoms with van der Waals surface area (Å²) in [5, 5.41) is 22.3. The molecule has 0 bridgehead atoms. The second-order valence-electron chi connectivity index (χ2n) is 4.00. The van der Waals surface area contributed by atoms with E-state index < -0.39 is 22.5 Å². The molecule has 9 nitrogen and oxygen atoms in total. The normalized spacial score (nSPS) is 10.0. The molecule has 0 unspecified atom stereocenters. The number of hydrogen-bond donors (Lipinski definition) is 3. The molecule has 0 atom stereocenters. The minimum absolute atomic E-state index is 0.000856. The lowest BCUT2D eigenvalue weighted by Gasteiger charge is -2.06. The average Bonchev–Trinajstić information content (AvgIpc) is 2.37. The Bertz CT molecular complexity index is 532. The van der Waals surface area contributed by atoms with Gasteiger partial charge < -0.3 is 16.2 Å². The van der Waals surface area contributed by atoms with Crippen molar-refractivity contribution in [3.05, 3.63) is 27.9 Å². The van der Waals surface area contributed by atoms with Crippen LogP contribution in [0.4, 0.5) is 11.5 Å². The van der Waals surface area contributed by atoms with Crippen LogP contribution in [0.25, 0.3) is 0 Å². The first-order chi connectivity index (χ1) is 9.41. The first-order valence-corrected chi connectivity index (χ1v) is 5.81. The van der Waals surface area contributed by atoms with Crippen LogP contribution in [0, 0.1) is 10.1 Å². The maximum atomic E-state index is 10.8. The van der Waals surface area contributed by atoms with E-state index in [1.165, 1.54) is 0 Å². The predicted molar refractivity (Wildman–Crippen MR) is 69.4 cm³/mol. The zero-order valence-electron chi connectivity index (χ0n) is 10.5. The molecule has 0 aliphatic heterocycles. The van der Waals surface area contributed by atoms with Gasteiger partial charge in [0.15, 0.2) is 0 Å². The summed E-state index contributed by atoms with van der Waals surface area (Å²) in [6.45, 7) is 0.369. The minimum atomic E-state index is -1.28. The maximum Gasteiger partial charge on any atom is 0.337 e. The van der Waals surface area contributed by atoms with Crippen molar-refractivity contribution in [3.8, 4) is 0 Å². The van der Waals surface area contributed by atoms with E-state index in [0.717, 1.165) is 12.3 Å². The Hall–Kier alpha value is -2.71. The van der Waals surface area contributed by atoms with Crippen LogP contribution in [0.1, 0.15) is 29.6 Å². The van der Waals surface area contributed by atoms with E-state index in [1.54, 1.807) is 0 Å². The van der Waals surface area contributed by atoms with Crippen LogP contribution >= 0.6 is 0 Å². The number of nitro groups is 1. The van der Waals surface area contributed by atoms with Gasteiger partial charge >= 0.3 is 11.7 Å². The van der Waals surface area contributed by atoms with Crippen molar-refractivity contribution in [1.82, 2.24) is 4.98 Å². The molecule has 0 radical (unpaired) electrons. The molecule has 0 saturated heterocycles. The highest BCUT2D eigenvalue weighted by molar-refractivity contribution is 5.88. The van der Waals surface area contributed by atoms with E-state index in [0.29, 0.717) is 19.4 Å². The number of nitrogens with two attached hydrogens (primary N) is 1. The van der Waals surface area contributed by atoms with Crippen LogP contribution in [0.5, 0.6) is 0 Å². The first kappa shape index (κ1) is 15.3. The van der Waals surface area contributed by atoms with Gasteiger partial charge in [-0.2, -0.15) is 0 Å². The Morgan fingerprint density at radius 3 is 2.70 bits per heavy atom. The highest BCUT2D eigenvalue weighted by Gasteiger charge is 2.18. The largest absolute Gasteiger partial charge is 0.478 e. The van der Waals surface area contributed by atoms with Crippen LogP contribution in [0.2, 0.25) is 0 Å². The lowest BCUT2D eigenvalue weighted by atomic mass is 10.2. The number of nitrogens with zero attached hydrogens (tertiary/aromatic N) is 2. The quantitative estimate of drug-likeness (QED) is 0.362.